The summed E-state index contributed by atoms with van der Waals surface area (Å²) in [7, 11) is 1.39. The van der Waals surface area contributed by atoms with Crippen molar-refractivity contribution in [1.82, 2.24) is 0 Å². The molecule has 0 aromatic rings. The third kappa shape index (κ3) is 1.85. The van der Waals surface area contributed by atoms with Gasteiger partial charge in [-0.3, -0.25) is 0 Å². The van der Waals surface area contributed by atoms with Crippen LogP contribution >= 0.6 is 0 Å². The van der Waals surface area contributed by atoms with Crippen molar-refractivity contribution < 1.29 is 24.0 Å². The maximum atomic E-state index is 10.3. The third-order valence-corrected chi connectivity index (χ3v) is 1.02. The zero-order valence-electron chi connectivity index (χ0n) is 5.53. The van der Waals surface area contributed by atoms with Gasteiger partial charge in [-0.2, -0.15) is 0 Å². The van der Waals surface area contributed by atoms with Crippen LogP contribution in [0, 0.1) is 0 Å². The lowest BCUT2D eigenvalue weighted by molar-refractivity contribution is -0.282. The van der Waals surface area contributed by atoms with Gasteiger partial charge in [-0.25, -0.2) is 14.6 Å². The van der Waals surface area contributed by atoms with Gasteiger partial charge in [-0.1, -0.05) is 0 Å². The van der Waals surface area contributed by atoms with E-state index < -0.39 is 6.16 Å². The summed E-state index contributed by atoms with van der Waals surface area (Å²) in [5, 5.41) is 0. The minimum absolute atomic E-state index is 0.211. The fraction of sp³-hybridized carbons (Fsp3) is 0.800. The van der Waals surface area contributed by atoms with E-state index in [1.165, 1.54) is 7.11 Å². The Morgan fingerprint density at radius 3 is 3.10 bits per heavy atom. The van der Waals surface area contributed by atoms with Gasteiger partial charge in [0, 0.05) is 0 Å². The van der Waals surface area contributed by atoms with Crippen LogP contribution in [0.2, 0.25) is 0 Å². The van der Waals surface area contributed by atoms with E-state index in [0.717, 1.165) is 0 Å². The van der Waals surface area contributed by atoms with Gasteiger partial charge < -0.3 is 9.47 Å². The monoisotopic (exact) mass is 148 g/mol. The molecule has 0 N–H and O–H groups in total. The van der Waals surface area contributed by atoms with Gasteiger partial charge in [0.25, 0.3) is 0 Å². The van der Waals surface area contributed by atoms with Crippen molar-refractivity contribution >= 4 is 6.16 Å². The van der Waals surface area contributed by atoms with Gasteiger partial charge in [-0.05, 0) is 0 Å². The van der Waals surface area contributed by atoms with E-state index in [0.29, 0.717) is 0 Å². The summed E-state index contributed by atoms with van der Waals surface area (Å²) < 4.78 is 9.06. The lowest BCUT2D eigenvalue weighted by Crippen LogP contribution is -2.17. The van der Waals surface area contributed by atoms with E-state index in [1.807, 2.05) is 0 Å². The lowest BCUT2D eigenvalue weighted by Gasteiger charge is -2.02. The van der Waals surface area contributed by atoms with Crippen LogP contribution in [0.1, 0.15) is 0 Å². The van der Waals surface area contributed by atoms with Gasteiger partial charge in [0.05, 0.1) is 7.11 Å². The second-order valence-electron chi connectivity index (χ2n) is 1.75. The quantitative estimate of drug-likeness (QED) is 0.323. The number of hydrogen-bond acceptors (Lipinski definition) is 5. The summed E-state index contributed by atoms with van der Waals surface area (Å²) in [6.07, 6.45) is -0.975. The Bertz CT molecular complexity index is 123. The zero-order valence-corrected chi connectivity index (χ0v) is 5.53. The minimum atomic E-state index is -0.648. The molecule has 0 bridgehead atoms. The predicted molar refractivity (Wildman–Crippen MR) is 29.2 cm³/mol. The Hall–Kier alpha value is -0.810. The van der Waals surface area contributed by atoms with Crippen LogP contribution in [-0.2, 0) is 19.2 Å². The molecule has 5 nitrogen and oxygen atoms in total. The van der Waals surface area contributed by atoms with E-state index in [2.05, 4.69) is 19.2 Å². The number of carbonyl (C=O) groups is 1. The second-order valence-corrected chi connectivity index (χ2v) is 1.75. The summed E-state index contributed by atoms with van der Waals surface area (Å²) in [5.74, 6) is 0. The molecule has 5 heteroatoms. The maximum Gasteiger partial charge on any atom is 0.508 e. The number of hydrogen-bond donors (Lipinski definition) is 0. The van der Waals surface area contributed by atoms with Gasteiger partial charge >= 0.3 is 6.16 Å². The first-order valence-electron chi connectivity index (χ1n) is 2.82. The summed E-state index contributed by atoms with van der Waals surface area (Å²) in [5.41, 5.74) is 0. The molecule has 1 atom stereocenters. The summed E-state index contributed by atoms with van der Waals surface area (Å²) in [4.78, 5) is 19.1. The highest BCUT2D eigenvalue weighted by molar-refractivity contribution is 5.61. The van der Waals surface area contributed by atoms with Crippen LogP contribution in [0.5, 0.6) is 0 Å². The van der Waals surface area contributed by atoms with Crippen LogP contribution in [0.25, 0.3) is 0 Å². The predicted octanol–water partition coefficient (Wildman–Crippen LogP) is 0.0998. The fourth-order valence-electron chi connectivity index (χ4n) is 0.591. The minimum Gasteiger partial charge on any atom is -0.430 e. The molecule has 58 valence electrons. The molecule has 0 radical (unpaired) electrons. The van der Waals surface area contributed by atoms with E-state index in [-0.39, 0.29) is 19.3 Å². The largest absolute Gasteiger partial charge is 0.508 e. The van der Waals surface area contributed by atoms with Gasteiger partial charge in [0.1, 0.15) is 13.2 Å². The molecule has 1 saturated heterocycles. The molecule has 1 heterocycles. The van der Waals surface area contributed by atoms with Crippen molar-refractivity contribution in [3.05, 3.63) is 0 Å². The third-order valence-electron chi connectivity index (χ3n) is 1.02. The molecule has 0 aliphatic carbocycles. The molecule has 1 unspecified atom stereocenters. The molecule has 1 aliphatic rings. The molecule has 1 rings (SSSR count). The Balaban J connectivity index is 2.12. The maximum absolute atomic E-state index is 10.3. The molecule has 0 aromatic carbocycles. The Labute approximate surface area is 57.7 Å². The Kier molecular flexibility index (Phi) is 2.47. The average Bonchev–Trinajstić information content (AvgIpc) is 2.31. The van der Waals surface area contributed by atoms with Gasteiger partial charge in [0.15, 0.2) is 6.10 Å². The van der Waals surface area contributed by atoms with Crippen LogP contribution in [0.15, 0.2) is 0 Å². The Morgan fingerprint density at radius 2 is 2.60 bits per heavy atom. The van der Waals surface area contributed by atoms with Crippen molar-refractivity contribution in [3.63, 3.8) is 0 Å². The highest BCUT2D eigenvalue weighted by Crippen LogP contribution is 2.05. The van der Waals surface area contributed by atoms with E-state index >= 15 is 0 Å². The number of ether oxygens (including phenoxy) is 2. The van der Waals surface area contributed by atoms with Crippen molar-refractivity contribution in [1.29, 1.82) is 0 Å². The smallest absolute Gasteiger partial charge is 0.430 e. The first-order valence-corrected chi connectivity index (χ1v) is 2.82. The second kappa shape index (κ2) is 3.38. The van der Waals surface area contributed by atoms with Crippen LogP contribution in [0.4, 0.5) is 4.79 Å². The Morgan fingerprint density at radius 1 is 1.80 bits per heavy atom. The molecule has 0 amide bonds. The number of cyclic esters (lactones) is 2. The molecule has 1 aliphatic heterocycles. The van der Waals surface area contributed by atoms with E-state index in [1.54, 1.807) is 0 Å². The van der Waals surface area contributed by atoms with Crippen LogP contribution in [-0.4, -0.2) is 32.6 Å². The highest BCUT2D eigenvalue weighted by Gasteiger charge is 2.24. The van der Waals surface area contributed by atoms with E-state index in [9.17, 15) is 4.79 Å². The molecule has 0 aromatic heterocycles. The fourth-order valence-corrected chi connectivity index (χ4v) is 0.591. The molecular formula is C5H8O5. The molecule has 1 fully saturated rings. The average molecular weight is 148 g/mol. The molecule has 0 spiro atoms. The van der Waals surface area contributed by atoms with Crippen molar-refractivity contribution in [2.24, 2.45) is 0 Å². The van der Waals surface area contributed by atoms with Crippen molar-refractivity contribution in [2.45, 2.75) is 6.10 Å². The van der Waals surface area contributed by atoms with Crippen molar-refractivity contribution in [2.75, 3.05) is 20.3 Å². The van der Waals surface area contributed by atoms with Crippen LogP contribution in [0.3, 0.4) is 0 Å². The lowest BCUT2D eigenvalue weighted by atomic mass is 10.4. The van der Waals surface area contributed by atoms with E-state index in [4.69, 9.17) is 0 Å². The standard InChI is InChI=1S/C5H8O5/c1-7-9-3-4-2-8-5(6)10-4/h4H,2-3H2,1H3. The number of carbonyl (C=O) groups excluding carboxylic acids is 1. The first kappa shape index (κ1) is 7.30. The summed E-state index contributed by atoms with van der Waals surface area (Å²) in [6, 6.07) is 0. The number of rotatable bonds is 3. The van der Waals surface area contributed by atoms with Crippen molar-refractivity contribution in [3.8, 4) is 0 Å². The zero-order chi connectivity index (χ0) is 7.40. The first-order chi connectivity index (χ1) is 4.83. The topological polar surface area (TPSA) is 54.0 Å². The van der Waals surface area contributed by atoms with Crippen LogP contribution < -0.4 is 0 Å². The molecule has 0 saturated carbocycles. The van der Waals surface area contributed by atoms with Gasteiger partial charge in [0.2, 0.25) is 0 Å². The summed E-state index contributed by atoms with van der Waals surface area (Å²) in [6.45, 7) is 0.449. The highest BCUT2D eigenvalue weighted by atomic mass is 17.2. The SMILES string of the molecule is COOCC1COC(=O)O1. The molecular weight excluding hydrogens is 140 g/mol. The molecule has 10 heavy (non-hydrogen) atoms. The summed E-state index contributed by atoms with van der Waals surface area (Å²) >= 11 is 0. The van der Waals surface area contributed by atoms with Gasteiger partial charge in [-0.15, -0.1) is 0 Å². The normalized spacial score (nSPS) is 24.1.